The molecule has 0 bridgehead atoms. The molecule has 0 aliphatic carbocycles. The highest BCUT2D eigenvalue weighted by Gasteiger charge is 2.32. The summed E-state index contributed by atoms with van der Waals surface area (Å²) in [5, 5.41) is 4.61. The number of benzene rings is 1. The molecule has 86 valence electrons. The summed E-state index contributed by atoms with van der Waals surface area (Å²) in [6.07, 6.45) is -3.03. The van der Waals surface area contributed by atoms with Gasteiger partial charge in [0.05, 0.1) is 0 Å². The normalized spacial score (nSPS) is 12.1. The lowest BCUT2D eigenvalue weighted by Gasteiger charge is -2.09. The van der Waals surface area contributed by atoms with Gasteiger partial charge in [-0.1, -0.05) is 6.07 Å². The molecule has 0 saturated carbocycles. The molecule has 0 saturated heterocycles. The molecular weight excluding hydrogens is 221 g/mol. The predicted octanol–water partition coefficient (Wildman–Crippen LogP) is 2.78. The van der Waals surface area contributed by atoms with Crippen LogP contribution in [0.1, 0.15) is 5.56 Å². The molecule has 16 heavy (non-hydrogen) atoms. The van der Waals surface area contributed by atoms with Crippen LogP contribution in [0.5, 0.6) is 5.75 Å². The van der Waals surface area contributed by atoms with Crippen LogP contribution in [0.15, 0.2) is 18.3 Å². The standard InChI is InChI=1S/C10H9F3N2O/c1-6-3-4-8(16-10(11,12)13)9-7(6)5-15(2)14-9/h3-5H,1-2H3. The molecule has 0 N–H and O–H groups in total. The molecule has 2 aromatic rings. The smallest absolute Gasteiger partial charge is 0.403 e. The van der Waals surface area contributed by atoms with Crippen molar-refractivity contribution < 1.29 is 17.9 Å². The van der Waals surface area contributed by atoms with Crippen LogP contribution in [0.4, 0.5) is 13.2 Å². The zero-order chi connectivity index (χ0) is 11.9. The molecule has 0 radical (unpaired) electrons. The van der Waals surface area contributed by atoms with Crippen LogP contribution < -0.4 is 4.74 Å². The summed E-state index contributed by atoms with van der Waals surface area (Å²) in [5.74, 6) is -0.270. The van der Waals surface area contributed by atoms with Crippen LogP contribution in [0.2, 0.25) is 0 Å². The average Bonchev–Trinajstić information content (AvgIpc) is 2.51. The minimum Gasteiger partial charge on any atom is -0.403 e. The number of alkyl halides is 3. The van der Waals surface area contributed by atoms with E-state index < -0.39 is 6.36 Å². The van der Waals surface area contributed by atoms with E-state index >= 15 is 0 Å². The monoisotopic (exact) mass is 230 g/mol. The van der Waals surface area contributed by atoms with Gasteiger partial charge in [0, 0.05) is 18.6 Å². The quantitative estimate of drug-likeness (QED) is 0.753. The zero-order valence-corrected chi connectivity index (χ0v) is 8.67. The van der Waals surface area contributed by atoms with E-state index in [4.69, 9.17) is 0 Å². The Morgan fingerprint density at radius 2 is 2.00 bits per heavy atom. The maximum Gasteiger partial charge on any atom is 0.573 e. The molecule has 0 aliphatic heterocycles. The number of halogens is 3. The van der Waals surface area contributed by atoms with Gasteiger partial charge in [-0.25, -0.2) is 0 Å². The van der Waals surface area contributed by atoms with Crippen molar-refractivity contribution in [2.75, 3.05) is 0 Å². The molecule has 0 aliphatic rings. The summed E-state index contributed by atoms with van der Waals surface area (Å²) in [7, 11) is 1.65. The Bertz CT molecular complexity index is 531. The molecule has 0 unspecified atom stereocenters. The van der Waals surface area contributed by atoms with E-state index in [1.807, 2.05) is 0 Å². The second kappa shape index (κ2) is 3.40. The van der Waals surface area contributed by atoms with Crippen molar-refractivity contribution in [2.45, 2.75) is 13.3 Å². The molecule has 0 spiro atoms. The predicted molar refractivity (Wildman–Crippen MR) is 52.1 cm³/mol. The Balaban J connectivity index is 2.58. The van der Waals surface area contributed by atoms with Crippen LogP contribution in [0.25, 0.3) is 10.9 Å². The molecule has 1 aromatic carbocycles. The van der Waals surface area contributed by atoms with Gasteiger partial charge in [0.2, 0.25) is 0 Å². The Kier molecular flexibility index (Phi) is 2.29. The first kappa shape index (κ1) is 10.8. The fourth-order valence-corrected chi connectivity index (χ4v) is 1.54. The SMILES string of the molecule is Cc1ccc(OC(F)(F)F)c2nn(C)cc12. The largest absolute Gasteiger partial charge is 0.573 e. The van der Waals surface area contributed by atoms with Crippen LogP contribution >= 0.6 is 0 Å². The van der Waals surface area contributed by atoms with Crippen LogP contribution in [-0.2, 0) is 7.05 Å². The maximum atomic E-state index is 12.1. The second-order valence-electron chi connectivity index (χ2n) is 3.49. The van der Waals surface area contributed by atoms with E-state index in [1.54, 1.807) is 26.2 Å². The minimum absolute atomic E-state index is 0.222. The summed E-state index contributed by atoms with van der Waals surface area (Å²) in [6, 6.07) is 2.85. The van der Waals surface area contributed by atoms with E-state index in [2.05, 4.69) is 9.84 Å². The molecule has 1 aromatic heterocycles. The summed E-state index contributed by atoms with van der Waals surface area (Å²) >= 11 is 0. The highest BCUT2D eigenvalue weighted by molar-refractivity contribution is 5.87. The van der Waals surface area contributed by atoms with E-state index in [9.17, 15) is 13.2 Å². The summed E-state index contributed by atoms with van der Waals surface area (Å²) < 4.78 is 41.7. The van der Waals surface area contributed by atoms with Crippen molar-refractivity contribution in [3.63, 3.8) is 0 Å². The Morgan fingerprint density at radius 3 is 2.62 bits per heavy atom. The topological polar surface area (TPSA) is 27.1 Å². The third-order valence-electron chi connectivity index (χ3n) is 2.20. The fraction of sp³-hybridized carbons (Fsp3) is 0.300. The molecule has 3 nitrogen and oxygen atoms in total. The van der Waals surface area contributed by atoms with Crippen molar-refractivity contribution in [2.24, 2.45) is 7.05 Å². The number of hydrogen-bond acceptors (Lipinski definition) is 2. The van der Waals surface area contributed by atoms with Gasteiger partial charge in [-0.3, -0.25) is 4.68 Å². The van der Waals surface area contributed by atoms with E-state index in [0.29, 0.717) is 5.39 Å². The summed E-state index contributed by atoms with van der Waals surface area (Å²) in [4.78, 5) is 0. The number of nitrogens with zero attached hydrogens (tertiary/aromatic N) is 2. The summed E-state index contributed by atoms with van der Waals surface area (Å²) in [5.41, 5.74) is 1.08. The van der Waals surface area contributed by atoms with Crippen LogP contribution in [-0.4, -0.2) is 16.1 Å². The first-order valence-corrected chi connectivity index (χ1v) is 4.55. The fourth-order valence-electron chi connectivity index (χ4n) is 1.54. The van der Waals surface area contributed by atoms with Gasteiger partial charge < -0.3 is 4.74 Å². The minimum atomic E-state index is -4.69. The van der Waals surface area contributed by atoms with E-state index in [-0.39, 0.29) is 11.3 Å². The van der Waals surface area contributed by atoms with Crippen molar-refractivity contribution in [1.82, 2.24) is 9.78 Å². The number of rotatable bonds is 1. The third kappa shape index (κ3) is 1.95. The maximum absolute atomic E-state index is 12.1. The van der Waals surface area contributed by atoms with Gasteiger partial charge in [0.15, 0.2) is 5.75 Å². The summed E-state index contributed by atoms with van der Waals surface area (Å²) in [6.45, 7) is 1.81. The lowest BCUT2D eigenvalue weighted by molar-refractivity contribution is -0.274. The number of aryl methyl sites for hydroxylation is 2. The zero-order valence-electron chi connectivity index (χ0n) is 8.67. The average molecular weight is 230 g/mol. The molecule has 6 heteroatoms. The Labute approximate surface area is 89.4 Å². The number of hydrogen-bond donors (Lipinski definition) is 0. The van der Waals surface area contributed by atoms with Gasteiger partial charge in [-0.2, -0.15) is 5.10 Å². The van der Waals surface area contributed by atoms with Crippen LogP contribution in [0.3, 0.4) is 0 Å². The van der Waals surface area contributed by atoms with Crippen molar-refractivity contribution in [3.05, 3.63) is 23.9 Å². The van der Waals surface area contributed by atoms with Crippen LogP contribution in [0, 0.1) is 6.92 Å². The molecule has 2 rings (SSSR count). The van der Waals surface area contributed by atoms with Gasteiger partial charge in [0.1, 0.15) is 5.52 Å². The van der Waals surface area contributed by atoms with E-state index in [0.717, 1.165) is 5.56 Å². The molecule has 0 amide bonds. The van der Waals surface area contributed by atoms with Gasteiger partial charge in [0.25, 0.3) is 0 Å². The first-order valence-electron chi connectivity index (χ1n) is 4.55. The van der Waals surface area contributed by atoms with Gasteiger partial charge in [-0.05, 0) is 18.6 Å². The van der Waals surface area contributed by atoms with E-state index in [1.165, 1.54) is 10.7 Å². The highest BCUT2D eigenvalue weighted by Crippen LogP contribution is 2.31. The molecule has 0 atom stereocenters. The van der Waals surface area contributed by atoms with Crippen molar-refractivity contribution in [1.29, 1.82) is 0 Å². The van der Waals surface area contributed by atoms with Gasteiger partial charge in [-0.15, -0.1) is 13.2 Å². The Morgan fingerprint density at radius 1 is 1.31 bits per heavy atom. The number of aromatic nitrogens is 2. The Hall–Kier alpha value is -1.72. The molecule has 1 heterocycles. The highest BCUT2D eigenvalue weighted by atomic mass is 19.4. The van der Waals surface area contributed by atoms with Crippen molar-refractivity contribution in [3.8, 4) is 5.75 Å². The lowest BCUT2D eigenvalue weighted by Crippen LogP contribution is -2.17. The number of fused-ring (bicyclic) bond motifs is 1. The first-order chi connectivity index (χ1) is 7.37. The molecule has 0 fully saturated rings. The third-order valence-corrected chi connectivity index (χ3v) is 2.20. The molecular formula is C10H9F3N2O. The number of ether oxygens (including phenoxy) is 1. The second-order valence-corrected chi connectivity index (χ2v) is 3.49. The van der Waals surface area contributed by atoms with Gasteiger partial charge >= 0.3 is 6.36 Å². The lowest BCUT2D eigenvalue weighted by atomic mass is 10.1. The van der Waals surface area contributed by atoms with Crippen molar-refractivity contribution >= 4 is 10.9 Å².